The lowest BCUT2D eigenvalue weighted by molar-refractivity contribution is -0.179. The number of hydrogen-bond donors (Lipinski definition) is 1. The lowest BCUT2D eigenvalue weighted by Crippen LogP contribution is -2.38. The van der Waals surface area contributed by atoms with Crippen LogP contribution < -0.4 is 10.2 Å². The summed E-state index contributed by atoms with van der Waals surface area (Å²) in [6.45, 7) is 0.876. The summed E-state index contributed by atoms with van der Waals surface area (Å²) >= 11 is 0. The third-order valence-corrected chi connectivity index (χ3v) is 5.20. The lowest BCUT2D eigenvalue weighted by Gasteiger charge is -2.34. The van der Waals surface area contributed by atoms with E-state index in [4.69, 9.17) is 0 Å². The Balaban J connectivity index is 1.41. The smallest absolute Gasteiger partial charge is 0.372 e. The molecule has 7 heteroatoms. The van der Waals surface area contributed by atoms with Gasteiger partial charge < -0.3 is 14.8 Å². The highest BCUT2D eigenvalue weighted by molar-refractivity contribution is 5.81. The molecule has 1 aromatic heterocycles. The average molecular weight is 374 g/mol. The van der Waals surface area contributed by atoms with E-state index >= 15 is 0 Å². The van der Waals surface area contributed by atoms with Crippen LogP contribution in [0.3, 0.4) is 0 Å². The zero-order valence-electron chi connectivity index (χ0n) is 15.0. The Bertz CT molecular complexity index is 923. The number of nitrogens with zero attached hydrogens (tertiary/aromatic N) is 3. The molecule has 1 saturated heterocycles. The fraction of sp³-hybridized carbons (Fsp3) is 0.350. The average Bonchev–Trinajstić information content (AvgIpc) is 3.02. The minimum Gasteiger partial charge on any atom is -0.372 e. The van der Waals surface area contributed by atoms with Gasteiger partial charge in [0.1, 0.15) is 0 Å². The number of fused-ring (bicyclic) bond motifs is 1. The van der Waals surface area contributed by atoms with Crippen molar-refractivity contribution < 1.29 is 13.2 Å². The Morgan fingerprint density at radius 3 is 2.33 bits per heavy atom. The largest absolute Gasteiger partial charge is 0.391 e. The van der Waals surface area contributed by atoms with Gasteiger partial charge in [0.05, 0.1) is 23.3 Å². The maximum atomic E-state index is 12.8. The summed E-state index contributed by atoms with van der Waals surface area (Å²) in [4.78, 5) is 6.38. The highest BCUT2D eigenvalue weighted by atomic mass is 19.4. The first kappa shape index (κ1) is 17.7. The van der Waals surface area contributed by atoms with Crippen LogP contribution >= 0.6 is 0 Å². The second-order valence-electron chi connectivity index (χ2n) is 7.03. The quantitative estimate of drug-likeness (QED) is 0.693. The first-order chi connectivity index (χ1) is 12.9. The molecule has 3 aromatic rings. The molecule has 1 N–H and O–H groups in total. The molecule has 2 heterocycles. The van der Waals surface area contributed by atoms with Crippen LogP contribution in [0.15, 0.2) is 48.8 Å². The van der Waals surface area contributed by atoms with Crippen LogP contribution in [-0.4, -0.2) is 28.8 Å². The Kier molecular flexibility index (Phi) is 4.45. The van der Waals surface area contributed by atoms with Crippen molar-refractivity contribution >= 4 is 28.1 Å². The number of halogens is 3. The first-order valence-electron chi connectivity index (χ1n) is 9.00. The van der Waals surface area contributed by atoms with Gasteiger partial charge >= 0.3 is 6.18 Å². The van der Waals surface area contributed by atoms with Gasteiger partial charge in [-0.2, -0.15) is 13.2 Å². The van der Waals surface area contributed by atoms with Crippen molar-refractivity contribution in [3.63, 3.8) is 0 Å². The van der Waals surface area contributed by atoms with Crippen LogP contribution in [0.5, 0.6) is 0 Å². The third-order valence-electron chi connectivity index (χ3n) is 5.20. The van der Waals surface area contributed by atoms with Gasteiger partial charge in [0, 0.05) is 37.2 Å². The Hall–Kier alpha value is -2.70. The van der Waals surface area contributed by atoms with E-state index in [0.717, 1.165) is 28.1 Å². The Morgan fingerprint density at radius 2 is 1.67 bits per heavy atom. The molecule has 142 valence electrons. The van der Waals surface area contributed by atoms with E-state index in [9.17, 15) is 13.2 Å². The second-order valence-corrected chi connectivity index (χ2v) is 7.03. The van der Waals surface area contributed by atoms with E-state index in [1.54, 1.807) is 6.33 Å². The zero-order chi connectivity index (χ0) is 19.0. The van der Waals surface area contributed by atoms with E-state index in [-0.39, 0.29) is 12.8 Å². The van der Waals surface area contributed by atoms with Crippen molar-refractivity contribution in [1.82, 2.24) is 9.55 Å². The molecule has 0 spiro atoms. The lowest BCUT2D eigenvalue weighted by atomic mass is 9.96. The number of nitrogens with one attached hydrogen (secondary N) is 1. The molecule has 0 saturated carbocycles. The highest BCUT2D eigenvalue weighted by Gasteiger charge is 2.41. The number of piperidine rings is 1. The van der Waals surface area contributed by atoms with Gasteiger partial charge in [-0.05, 0) is 55.3 Å². The van der Waals surface area contributed by atoms with Gasteiger partial charge in [-0.1, -0.05) is 0 Å². The monoisotopic (exact) mass is 374 g/mol. The summed E-state index contributed by atoms with van der Waals surface area (Å²) in [5.74, 6) is -1.17. The normalized spacial score (nSPS) is 16.1. The molecular weight excluding hydrogens is 353 g/mol. The molecule has 0 unspecified atom stereocenters. The van der Waals surface area contributed by atoms with Crippen LogP contribution in [0, 0.1) is 5.92 Å². The topological polar surface area (TPSA) is 33.1 Å². The molecular formula is C20H21F3N4. The van der Waals surface area contributed by atoms with Gasteiger partial charge in [0.15, 0.2) is 0 Å². The minimum absolute atomic E-state index is 0.160. The fourth-order valence-electron chi connectivity index (χ4n) is 3.60. The second kappa shape index (κ2) is 6.79. The zero-order valence-corrected chi connectivity index (χ0v) is 15.0. The maximum absolute atomic E-state index is 12.8. The summed E-state index contributed by atoms with van der Waals surface area (Å²) in [6, 6.07) is 13.8. The number of hydrogen-bond acceptors (Lipinski definition) is 3. The van der Waals surface area contributed by atoms with Crippen LogP contribution in [-0.2, 0) is 7.05 Å². The molecule has 0 atom stereocenters. The number of aryl methyl sites for hydroxylation is 1. The molecule has 27 heavy (non-hydrogen) atoms. The van der Waals surface area contributed by atoms with Crippen LogP contribution in [0.2, 0.25) is 0 Å². The molecule has 0 aliphatic carbocycles. The van der Waals surface area contributed by atoms with Crippen molar-refractivity contribution in [1.29, 1.82) is 0 Å². The standard InChI is InChI=1S/C20H21F3N4/c1-26-13-24-18-12-16(4-7-19(18)26)25-15-2-5-17(6-3-15)27-10-8-14(9-11-27)20(21,22)23/h2-7,12-14,25H,8-11H2,1H3. The van der Waals surface area contributed by atoms with Crippen molar-refractivity contribution in [3.05, 3.63) is 48.8 Å². The van der Waals surface area contributed by atoms with E-state index < -0.39 is 12.1 Å². The minimum atomic E-state index is -4.07. The summed E-state index contributed by atoms with van der Waals surface area (Å²) in [6.07, 6.45) is -1.97. The van der Waals surface area contributed by atoms with Crippen LogP contribution in [0.1, 0.15) is 12.8 Å². The van der Waals surface area contributed by atoms with Gasteiger partial charge in [-0.3, -0.25) is 0 Å². The predicted molar refractivity (Wildman–Crippen MR) is 101 cm³/mol. The number of alkyl halides is 3. The summed E-state index contributed by atoms with van der Waals surface area (Å²) in [5.41, 5.74) is 4.82. The maximum Gasteiger partial charge on any atom is 0.391 e. The number of imidazole rings is 1. The summed E-state index contributed by atoms with van der Waals surface area (Å²) < 4.78 is 40.4. The molecule has 0 radical (unpaired) electrons. The van der Waals surface area contributed by atoms with Gasteiger partial charge in [-0.25, -0.2) is 4.98 Å². The molecule has 1 aliphatic rings. The summed E-state index contributed by atoms with van der Waals surface area (Å²) in [5, 5.41) is 3.35. The first-order valence-corrected chi connectivity index (χ1v) is 9.00. The molecule has 1 fully saturated rings. The van der Waals surface area contributed by atoms with Crippen molar-refractivity contribution in [2.75, 3.05) is 23.3 Å². The van der Waals surface area contributed by atoms with Crippen LogP contribution in [0.25, 0.3) is 11.0 Å². The van der Waals surface area contributed by atoms with Gasteiger partial charge in [0.25, 0.3) is 0 Å². The van der Waals surface area contributed by atoms with Crippen molar-refractivity contribution in [2.24, 2.45) is 13.0 Å². The van der Waals surface area contributed by atoms with E-state index in [1.807, 2.05) is 59.0 Å². The van der Waals surface area contributed by atoms with E-state index in [0.29, 0.717) is 13.1 Å². The van der Waals surface area contributed by atoms with Crippen molar-refractivity contribution in [3.8, 4) is 0 Å². The van der Waals surface area contributed by atoms with Crippen LogP contribution in [0.4, 0.5) is 30.2 Å². The number of anilines is 3. The predicted octanol–water partition coefficient (Wildman–Crippen LogP) is 5.10. The molecule has 4 nitrogen and oxygen atoms in total. The molecule has 4 rings (SSSR count). The van der Waals surface area contributed by atoms with Crippen molar-refractivity contribution in [2.45, 2.75) is 19.0 Å². The van der Waals surface area contributed by atoms with Gasteiger partial charge in [-0.15, -0.1) is 0 Å². The van der Waals surface area contributed by atoms with Gasteiger partial charge in [0.2, 0.25) is 0 Å². The Morgan fingerprint density at radius 1 is 1.00 bits per heavy atom. The molecule has 0 bridgehead atoms. The highest BCUT2D eigenvalue weighted by Crippen LogP contribution is 2.35. The number of aromatic nitrogens is 2. The molecule has 2 aromatic carbocycles. The van der Waals surface area contributed by atoms with E-state index in [2.05, 4.69) is 10.3 Å². The third kappa shape index (κ3) is 3.72. The fourth-order valence-corrected chi connectivity index (χ4v) is 3.60. The number of rotatable bonds is 3. The molecule has 1 aliphatic heterocycles. The number of benzene rings is 2. The van der Waals surface area contributed by atoms with E-state index in [1.165, 1.54) is 0 Å². The molecule has 0 amide bonds. The summed E-state index contributed by atoms with van der Waals surface area (Å²) in [7, 11) is 1.96. The SMILES string of the molecule is Cn1cnc2cc(Nc3ccc(N4CCC(C(F)(F)F)CC4)cc3)ccc21. The Labute approximate surface area is 155 Å².